The number of rotatable bonds is 3. The van der Waals surface area contributed by atoms with Crippen molar-refractivity contribution in [3.05, 3.63) is 46.7 Å². The molecule has 0 saturated carbocycles. The van der Waals surface area contributed by atoms with Crippen molar-refractivity contribution in [2.45, 2.75) is 0 Å². The zero-order valence-electron chi connectivity index (χ0n) is 11.9. The summed E-state index contributed by atoms with van der Waals surface area (Å²) in [6.45, 7) is 0. The van der Waals surface area contributed by atoms with E-state index in [1.165, 1.54) is 23.6 Å². The van der Waals surface area contributed by atoms with Crippen molar-refractivity contribution in [3.8, 4) is 5.88 Å². The first kappa shape index (κ1) is 15.2. The Kier molecular flexibility index (Phi) is 4.11. The summed E-state index contributed by atoms with van der Waals surface area (Å²) < 4.78 is 21.0. The maximum atomic E-state index is 13.7. The van der Waals surface area contributed by atoms with Crippen molar-refractivity contribution in [1.29, 1.82) is 0 Å². The second kappa shape index (κ2) is 6.21. The Morgan fingerprint density at radius 2 is 2.09 bits per heavy atom. The van der Waals surface area contributed by atoms with Crippen molar-refractivity contribution in [1.82, 2.24) is 14.6 Å². The number of benzene rings is 1. The predicted octanol–water partition coefficient (Wildman–Crippen LogP) is 3.28. The Morgan fingerprint density at radius 1 is 1.26 bits per heavy atom. The largest absolute Gasteiger partial charge is 0.482 e. The van der Waals surface area contributed by atoms with Gasteiger partial charge in [-0.3, -0.25) is 5.32 Å². The van der Waals surface area contributed by atoms with Crippen LogP contribution in [0, 0.1) is 5.82 Å². The summed E-state index contributed by atoms with van der Waals surface area (Å²) in [5.41, 5.74) is 0.556. The number of fused-ring (bicyclic) bond motifs is 1. The third kappa shape index (κ3) is 3.09. The summed E-state index contributed by atoms with van der Waals surface area (Å²) in [4.78, 5) is 12.0. The summed E-state index contributed by atoms with van der Waals surface area (Å²) in [7, 11) is 1.50. The molecule has 0 spiro atoms. The van der Waals surface area contributed by atoms with Gasteiger partial charge < -0.3 is 10.1 Å². The topological polar surface area (TPSA) is 80.6 Å². The van der Waals surface area contributed by atoms with E-state index in [4.69, 9.17) is 4.74 Å². The van der Waals surface area contributed by atoms with Crippen LogP contribution in [0.1, 0.15) is 0 Å². The lowest BCUT2D eigenvalue weighted by molar-refractivity contribution is 0.262. The van der Waals surface area contributed by atoms with Crippen LogP contribution >= 0.6 is 15.9 Å². The lowest BCUT2D eigenvalue weighted by atomic mass is 10.3. The van der Waals surface area contributed by atoms with Crippen LogP contribution in [0.2, 0.25) is 0 Å². The van der Waals surface area contributed by atoms with E-state index in [2.05, 4.69) is 36.8 Å². The summed E-state index contributed by atoms with van der Waals surface area (Å²) >= 11 is 3.15. The van der Waals surface area contributed by atoms with Crippen molar-refractivity contribution in [3.63, 3.8) is 0 Å². The number of halogens is 2. The first-order valence-electron chi connectivity index (χ1n) is 6.49. The standard InChI is InChI=1S/C14H11BrFN5O2/c1-23-12-4-2-3-11-19-20-13(21(11)12)18-14(22)17-10-6-5-8(15)7-9(10)16/h2-7H,1H3,(H2,17,18,20,22). The smallest absolute Gasteiger partial charge is 0.326 e. The number of carbonyl (C=O) groups excluding carboxylic acids is 1. The van der Waals surface area contributed by atoms with Crippen LogP contribution in [-0.4, -0.2) is 27.7 Å². The number of aromatic nitrogens is 3. The fourth-order valence-electron chi connectivity index (χ4n) is 2.00. The van der Waals surface area contributed by atoms with Gasteiger partial charge in [0, 0.05) is 4.47 Å². The first-order chi connectivity index (χ1) is 11.1. The number of urea groups is 1. The molecule has 2 aromatic heterocycles. The molecule has 9 heteroatoms. The fraction of sp³-hybridized carbons (Fsp3) is 0.0714. The molecule has 2 heterocycles. The number of hydrogen-bond donors (Lipinski definition) is 2. The molecule has 2 amide bonds. The minimum absolute atomic E-state index is 0.0477. The van der Waals surface area contributed by atoms with Crippen LogP contribution in [0.15, 0.2) is 40.9 Å². The number of ether oxygens (including phenoxy) is 1. The number of methoxy groups -OCH3 is 1. The third-order valence-electron chi connectivity index (χ3n) is 3.01. The second-order valence-electron chi connectivity index (χ2n) is 4.49. The Hall–Kier alpha value is -2.68. The van der Waals surface area contributed by atoms with E-state index < -0.39 is 11.8 Å². The third-order valence-corrected chi connectivity index (χ3v) is 3.50. The Balaban J connectivity index is 1.83. The van der Waals surface area contributed by atoms with E-state index in [9.17, 15) is 9.18 Å². The molecular weight excluding hydrogens is 369 g/mol. The number of nitrogens with one attached hydrogen (secondary N) is 2. The molecule has 23 heavy (non-hydrogen) atoms. The highest BCUT2D eigenvalue weighted by molar-refractivity contribution is 9.10. The Bertz CT molecular complexity index is 883. The molecule has 3 rings (SSSR count). The van der Waals surface area contributed by atoms with Gasteiger partial charge in [0.1, 0.15) is 5.82 Å². The summed E-state index contributed by atoms with van der Waals surface area (Å²) in [5, 5.41) is 12.7. The minimum atomic E-state index is -0.647. The molecule has 0 aliphatic carbocycles. The molecule has 0 aliphatic rings. The lowest BCUT2D eigenvalue weighted by Crippen LogP contribution is -2.21. The number of nitrogens with zero attached hydrogens (tertiary/aromatic N) is 3. The number of anilines is 2. The normalized spacial score (nSPS) is 10.6. The summed E-state index contributed by atoms with van der Waals surface area (Å²) in [6.07, 6.45) is 0. The van der Waals surface area contributed by atoms with E-state index in [1.54, 1.807) is 24.3 Å². The molecule has 118 valence electrons. The van der Waals surface area contributed by atoms with E-state index in [1.807, 2.05) is 0 Å². The molecule has 0 atom stereocenters. The van der Waals surface area contributed by atoms with Gasteiger partial charge in [-0.1, -0.05) is 22.0 Å². The van der Waals surface area contributed by atoms with Crippen LogP contribution in [-0.2, 0) is 0 Å². The monoisotopic (exact) mass is 379 g/mol. The van der Waals surface area contributed by atoms with Crippen LogP contribution in [0.4, 0.5) is 20.8 Å². The Morgan fingerprint density at radius 3 is 2.83 bits per heavy atom. The van der Waals surface area contributed by atoms with Gasteiger partial charge in [0.15, 0.2) is 5.65 Å². The summed E-state index contributed by atoms with van der Waals surface area (Å²) in [6, 6.07) is 8.84. The number of carbonyl (C=O) groups is 1. The van der Waals surface area contributed by atoms with Crippen molar-refractivity contribution in [2.24, 2.45) is 0 Å². The van der Waals surface area contributed by atoms with Crippen LogP contribution in [0.3, 0.4) is 0 Å². The Labute approximate surface area is 138 Å². The van der Waals surface area contributed by atoms with E-state index >= 15 is 0 Å². The van der Waals surface area contributed by atoms with Gasteiger partial charge in [0.25, 0.3) is 0 Å². The van der Waals surface area contributed by atoms with Crippen LogP contribution in [0.25, 0.3) is 5.65 Å². The number of pyridine rings is 1. The van der Waals surface area contributed by atoms with E-state index in [0.717, 1.165) is 0 Å². The average Bonchev–Trinajstić information content (AvgIpc) is 2.93. The van der Waals surface area contributed by atoms with Gasteiger partial charge in [-0.15, -0.1) is 10.2 Å². The SMILES string of the molecule is COc1cccc2nnc(NC(=O)Nc3ccc(Br)cc3F)n12. The molecule has 0 radical (unpaired) electrons. The van der Waals surface area contributed by atoms with Crippen molar-refractivity contribution < 1.29 is 13.9 Å². The maximum absolute atomic E-state index is 13.7. The highest BCUT2D eigenvalue weighted by atomic mass is 79.9. The number of amides is 2. The molecule has 0 unspecified atom stereocenters. The van der Waals surface area contributed by atoms with Crippen molar-refractivity contribution >= 4 is 39.2 Å². The minimum Gasteiger partial charge on any atom is -0.482 e. The van der Waals surface area contributed by atoms with Gasteiger partial charge in [-0.05, 0) is 30.3 Å². The predicted molar refractivity (Wildman–Crippen MR) is 86.3 cm³/mol. The molecule has 2 N–H and O–H groups in total. The molecule has 0 bridgehead atoms. The molecule has 1 aromatic carbocycles. The molecule has 0 fully saturated rings. The average molecular weight is 380 g/mol. The highest BCUT2D eigenvalue weighted by Crippen LogP contribution is 2.21. The first-order valence-corrected chi connectivity index (χ1v) is 7.29. The van der Waals surface area contributed by atoms with Gasteiger partial charge >= 0.3 is 6.03 Å². The molecule has 7 nitrogen and oxygen atoms in total. The van der Waals surface area contributed by atoms with Gasteiger partial charge in [0.2, 0.25) is 11.8 Å². The molecule has 0 aliphatic heterocycles. The molecular formula is C14H11BrFN5O2. The second-order valence-corrected chi connectivity index (χ2v) is 5.40. The highest BCUT2D eigenvalue weighted by Gasteiger charge is 2.13. The van der Waals surface area contributed by atoms with Crippen LogP contribution in [0.5, 0.6) is 5.88 Å². The van der Waals surface area contributed by atoms with Crippen LogP contribution < -0.4 is 15.4 Å². The fourth-order valence-corrected chi connectivity index (χ4v) is 2.33. The van der Waals surface area contributed by atoms with E-state index in [-0.39, 0.29) is 11.6 Å². The maximum Gasteiger partial charge on any atom is 0.326 e. The summed E-state index contributed by atoms with van der Waals surface area (Å²) in [5.74, 6) is 0.0586. The van der Waals surface area contributed by atoms with Gasteiger partial charge in [0.05, 0.1) is 12.8 Å². The zero-order valence-corrected chi connectivity index (χ0v) is 13.5. The number of hydrogen-bond acceptors (Lipinski definition) is 4. The molecule has 0 saturated heterocycles. The zero-order chi connectivity index (χ0) is 16.4. The quantitative estimate of drug-likeness (QED) is 0.731. The molecule has 3 aromatic rings. The van der Waals surface area contributed by atoms with Gasteiger partial charge in [-0.2, -0.15) is 0 Å². The van der Waals surface area contributed by atoms with E-state index in [0.29, 0.717) is 16.0 Å². The van der Waals surface area contributed by atoms with Gasteiger partial charge in [-0.25, -0.2) is 13.6 Å². The lowest BCUT2D eigenvalue weighted by Gasteiger charge is -2.09. The van der Waals surface area contributed by atoms with Crippen molar-refractivity contribution in [2.75, 3.05) is 17.7 Å².